The lowest BCUT2D eigenvalue weighted by molar-refractivity contribution is -0.118. The van der Waals surface area contributed by atoms with Crippen molar-refractivity contribution in [2.75, 3.05) is 37.5 Å². The van der Waals surface area contributed by atoms with Crippen molar-refractivity contribution in [3.63, 3.8) is 0 Å². The van der Waals surface area contributed by atoms with Crippen LogP contribution >= 0.6 is 11.3 Å². The number of fused-ring (bicyclic) bond motifs is 1. The monoisotopic (exact) mass is 537 g/mol. The Morgan fingerprint density at radius 2 is 2.03 bits per heavy atom. The van der Waals surface area contributed by atoms with E-state index in [9.17, 15) is 4.79 Å². The molecule has 2 aromatic heterocycles. The van der Waals surface area contributed by atoms with Crippen molar-refractivity contribution >= 4 is 51.3 Å². The summed E-state index contributed by atoms with van der Waals surface area (Å²) >= 11 is 1.45. The van der Waals surface area contributed by atoms with Crippen molar-refractivity contribution in [1.82, 2.24) is 20.3 Å². The van der Waals surface area contributed by atoms with Crippen molar-refractivity contribution in [3.05, 3.63) is 48.1 Å². The number of aromatic nitrogens is 3. The molecule has 38 heavy (non-hydrogen) atoms. The smallest absolute Gasteiger partial charge is 0.248 e. The number of hydrogen-bond donors (Lipinski definition) is 2. The number of nitrogens with one attached hydrogen (secondary N) is 2. The summed E-state index contributed by atoms with van der Waals surface area (Å²) in [6, 6.07) is 5.54. The molecule has 0 spiro atoms. The Bertz CT molecular complexity index is 1310. The van der Waals surface area contributed by atoms with Gasteiger partial charge in [0.15, 0.2) is 22.1 Å². The topological polar surface area (TPSA) is 114 Å². The Hall–Kier alpha value is -3.99. The van der Waals surface area contributed by atoms with Crippen LogP contribution in [0.5, 0.6) is 11.5 Å². The fourth-order valence-electron chi connectivity index (χ4n) is 3.66. The summed E-state index contributed by atoms with van der Waals surface area (Å²) in [4.78, 5) is 33.3. The first-order valence-electron chi connectivity index (χ1n) is 12.4. The summed E-state index contributed by atoms with van der Waals surface area (Å²) in [5.74, 6) is 2.30. The van der Waals surface area contributed by atoms with Gasteiger partial charge in [0.2, 0.25) is 11.9 Å². The van der Waals surface area contributed by atoms with Gasteiger partial charge in [-0.1, -0.05) is 32.9 Å². The summed E-state index contributed by atoms with van der Waals surface area (Å²) in [6.07, 6.45) is 6.66. The number of hydrogen-bond acceptors (Lipinski definition) is 10. The third-order valence-corrected chi connectivity index (χ3v) is 6.18. The lowest BCUT2D eigenvalue weighted by Gasteiger charge is -2.18. The van der Waals surface area contributed by atoms with Crippen molar-refractivity contribution in [1.29, 1.82) is 0 Å². The Balaban J connectivity index is 0.00000127. The molecule has 202 valence electrons. The lowest BCUT2D eigenvalue weighted by atomic mass is 10.2. The zero-order chi connectivity index (χ0) is 27.5. The van der Waals surface area contributed by atoms with E-state index in [1.54, 1.807) is 32.7 Å². The Labute approximate surface area is 227 Å². The number of anilines is 3. The zero-order valence-corrected chi connectivity index (χ0v) is 23.3. The molecule has 4 rings (SSSR count). The highest BCUT2D eigenvalue weighted by Gasteiger charge is 2.27. The molecule has 10 nitrogen and oxygen atoms in total. The number of carbonyl (C=O) groups is 1. The van der Waals surface area contributed by atoms with E-state index in [-0.39, 0.29) is 11.9 Å². The second-order valence-corrected chi connectivity index (χ2v) is 9.36. The van der Waals surface area contributed by atoms with Gasteiger partial charge in [-0.3, -0.25) is 9.79 Å². The zero-order valence-electron chi connectivity index (χ0n) is 22.5. The van der Waals surface area contributed by atoms with E-state index in [2.05, 4.69) is 45.9 Å². The molecule has 1 unspecified atom stereocenters. The number of allylic oxidation sites excluding steroid dienone is 1. The minimum absolute atomic E-state index is 0.0164. The van der Waals surface area contributed by atoms with Crippen LogP contribution in [0.2, 0.25) is 0 Å². The molecule has 0 radical (unpaired) electrons. The maximum atomic E-state index is 12.5. The molecule has 3 heterocycles. The van der Waals surface area contributed by atoms with Crippen LogP contribution in [0.3, 0.4) is 0 Å². The van der Waals surface area contributed by atoms with Gasteiger partial charge in [0.25, 0.3) is 0 Å². The van der Waals surface area contributed by atoms with Crippen LogP contribution in [0.4, 0.5) is 17.5 Å². The van der Waals surface area contributed by atoms with E-state index in [0.29, 0.717) is 40.9 Å². The van der Waals surface area contributed by atoms with E-state index in [0.717, 1.165) is 23.5 Å². The minimum Gasteiger partial charge on any atom is -0.493 e. The van der Waals surface area contributed by atoms with Gasteiger partial charge in [0, 0.05) is 48.9 Å². The molecule has 0 bridgehead atoms. The Morgan fingerprint density at radius 3 is 2.74 bits per heavy atom. The average molecular weight is 538 g/mol. The molecule has 2 N–H and O–H groups in total. The molecule has 1 saturated heterocycles. The average Bonchev–Trinajstić information content (AvgIpc) is 3.59. The fourth-order valence-corrected chi connectivity index (χ4v) is 4.32. The molecule has 11 heteroatoms. The summed E-state index contributed by atoms with van der Waals surface area (Å²) in [6.45, 7) is 10.9. The summed E-state index contributed by atoms with van der Waals surface area (Å²) in [5, 5.41) is 6.40. The maximum absolute atomic E-state index is 12.5. The van der Waals surface area contributed by atoms with Crippen LogP contribution in [-0.4, -0.2) is 60.4 Å². The first-order valence-corrected chi connectivity index (χ1v) is 13.3. The Kier molecular flexibility index (Phi) is 10.6. The van der Waals surface area contributed by atoms with Crippen molar-refractivity contribution in [2.24, 2.45) is 4.99 Å². The van der Waals surface area contributed by atoms with Crippen molar-refractivity contribution < 1.29 is 14.3 Å². The summed E-state index contributed by atoms with van der Waals surface area (Å²) < 4.78 is 10.7. The summed E-state index contributed by atoms with van der Waals surface area (Å²) in [5.41, 5.74) is 3.76. The quantitative estimate of drug-likeness (QED) is 0.286. The van der Waals surface area contributed by atoms with Gasteiger partial charge in [-0.2, -0.15) is 9.97 Å². The number of rotatable bonds is 9. The predicted octanol–water partition coefficient (Wildman–Crippen LogP) is 5.12. The van der Waals surface area contributed by atoms with Gasteiger partial charge in [0.1, 0.15) is 5.52 Å². The van der Waals surface area contributed by atoms with Crippen molar-refractivity contribution in [2.45, 2.75) is 39.7 Å². The van der Waals surface area contributed by atoms with Crippen LogP contribution in [-0.2, 0) is 4.79 Å². The minimum atomic E-state index is -0.146. The largest absolute Gasteiger partial charge is 0.493 e. The molecule has 1 amide bonds. The molecule has 1 atom stereocenters. The maximum Gasteiger partial charge on any atom is 0.248 e. The van der Waals surface area contributed by atoms with Gasteiger partial charge >= 0.3 is 0 Å². The highest BCUT2D eigenvalue weighted by atomic mass is 32.1. The second kappa shape index (κ2) is 14.1. The van der Waals surface area contributed by atoms with Crippen LogP contribution < -0.4 is 25.0 Å². The first-order chi connectivity index (χ1) is 18.4. The van der Waals surface area contributed by atoms with Gasteiger partial charge in [-0.15, -0.1) is 11.3 Å². The molecule has 1 aliphatic heterocycles. The summed E-state index contributed by atoms with van der Waals surface area (Å²) in [7, 11) is 3.19. The molecular weight excluding hydrogens is 502 g/mol. The third kappa shape index (κ3) is 7.28. The molecule has 1 fully saturated rings. The molecule has 0 aliphatic carbocycles. The van der Waals surface area contributed by atoms with Gasteiger partial charge < -0.3 is 25.0 Å². The van der Waals surface area contributed by atoms with E-state index >= 15 is 0 Å². The number of thiazole rings is 1. The van der Waals surface area contributed by atoms with E-state index in [1.165, 1.54) is 30.2 Å². The van der Waals surface area contributed by atoms with Gasteiger partial charge in [-0.05, 0) is 25.5 Å². The number of carbonyl (C=O) groups excluding carboxylic acids is 1. The molecule has 1 aliphatic rings. The number of ether oxygens (including phenoxy) is 2. The van der Waals surface area contributed by atoms with Crippen LogP contribution in [0, 0.1) is 0 Å². The second-order valence-electron chi connectivity index (χ2n) is 8.53. The van der Waals surface area contributed by atoms with Crippen LogP contribution in [0.25, 0.3) is 10.3 Å². The van der Waals surface area contributed by atoms with Gasteiger partial charge in [0.05, 0.1) is 19.7 Å². The molecule has 0 saturated carbocycles. The standard InChI is InChI=1S/C24H27N7O3S.C3H8/c1-5-9-25-12-15(2)22(32)28-17-8-10-31(13-17)24-29-21(20-23(30-24)35-14-26-20)27-16-6-7-18(33-3)19(11-16)34-4;1-3-2/h5-7,9,11-12,14,17H,1,8,10,13H2,2-4H3,(H,28,32)(H,27,29,30);3H2,1-2H3/b15-12+,25-9?;. The van der Waals surface area contributed by atoms with E-state index in [1.807, 2.05) is 18.2 Å². The van der Waals surface area contributed by atoms with Crippen molar-refractivity contribution in [3.8, 4) is 11.5 Å². The van der Waals surface area contributed by atoms with Crippen LogP contribution in [0.15, 0.2) is 53.1 Å². The molecular formula is C27H35N7O3S. The van der Waals surface area contributed by atoms with E-state index in [4.69, 9.17) is 19.4 Å². The normalized spacial score (nSPS) is 15.2. The highest BCUT2D eigenvalue weighted by Crippen LogP contribution is 2.33. The number of benzene rings is 1. The third-order valence-electron chi connectivity index (χ3n) is 5.46. The number of aliphatic imine (C=N–C) groups is 1. The predicted molar refractivity (Wildman–Crippen MR) is 155 cm³/mol. The number of amides is 1. The Morgan fingerprint density at radius 1 is 1.26 bits per heavy atom. The van der Waals surface area contributed by atoms with Gasteiger partial charge in [-0.25, -0.2) is 4.98 Å². The number of methoxy groups -OCH3 is 2. The lowest BCUT2D eigenvalue weighted by Crippen LogP contribution is -2.37. The molecule has 1 aromatic carbocycles. The number of nitrogens with zero attached hydrogens (tertiary/aromatic N) is 5. The molecule has 3 aromatic rings. The van der Waals surface area contributed by atoms with Crippen LogP contribution in [0.1, 0.15) is 33.6 Å². The highest BCUT2D eigenvalue weighted by molar-refractivity contribution is 7.16. The SMILES string of the molecule is C=CC=N/C=C(\C)C(=O)NC1CCN(c2nc(Nc3ccc(OC)c(OC)c3)c3ncsc3n2)C1.CCC. The van der Waals surface area contributed by atoms with E-state index < -0.39 is 0 Å². The fraction of sp³-hybridized carbons (Fsp3) is 0.370. The first kappa shape index (κ1) is 28.6.